The maximum atomic E-state index is 13.5. The monoisotopic (exact) mass is 441 g/mol. The second kappa shape index (κ2) is 7.03. The summed E-state index contributed by atoms with van der Waals surface area (Å²) in [6, 6.07) is 1.55. The molecule has 9 nitrogen and oxygen atoms in total. The van der Waals surface area contributed by atoms with Crippen LogP contribution in [0.5, 0.6) is 5.75 Å². The van der Waals surface area contributed by atoms with E-state index in [-0.39, 0.29) is 36.0 Å². The predicted molar refractivity (Wildman–Crippen MR) is 110 cm³/mol. The smallest absolute Gasteiger partial charge is 0.255 e. The van der Waals surface area contributed by atoms with E-state index in [9.17, 15) is 39.6 Å². The van der Waals surface area contributed by atoms with Crippen molar-refractivity contribution in [2.45, 2.75) is 45.1 Å². The number of aromatic hydroxyl groups is 1. The van der Waals surface area contributed by atoms with Gasteiger partial charge in [0, 0.05) is 17.9 Å². The van der Waals surface area contributed by atoms with Crippen molar-refractivity contribution in [3.63, 3.8) is 0 Å². The molecular weight excluding hydrogens is 418 g/mol. The van der Waals surface area contributed by atoms with Crippen molar-refractivity contribution in [3.05, 3.63) is 51.0 Å². The van der Waals surface area contributed by atoms with Crippen molar-refractivity contribution in [2.24, 2.45) is 17.6 Å². The Hall–Kier alpha value is -3.46. The Morgan fingerprint density at radius 3 is 2.41 bits per heavy atom. The van der Waals surface area contributed by atoms with Gasteiger partial charge in [0.05, 0.1) is 11.1 Å². The van der Waals surface area contributed by atoms with Crippen molar-refractivity contribution in [3.8, 4) is 5.75 Å². The lowest BCUT2D eigenvalue weighted by Gasteiger charge is -2.45. The van der Waals surface area contributed by atoms with Gasteiger partial charge in [0.2, 0.25) is 5.78 Å². The maximum Gasteiger partial charge on any atom is 0.255 e. The number of carbonyl (C=O) groups excluding carboxylic acids is 4. The number of phenols is 1. The highest BCUT2D eigenvalue weighted by molar-refractivity contribution is 6.24. The zero-order valence-corrected chi connectivity index (χ0v) is 17.6. The molecule has 0 spiro atoms. The van der Waals surface area contributed by atoms with Crippen LogP contribution in [0.2, 0.25) is 0 Å². The van der Waals surface area contributed by atoms with Crippen LogP contribution in [0.25, 0.3) is 0 Å². The van der Waals surface area contributed by atoms with Crippen LogP contribution >= 0.6 is 0 Å². The van der Waals surface area contributed by atoms with Gasteiger partial charge in [-0.3, -0.25) is 19.2 Å². The van der Waals surface area contributed by atoms with Crippen LogP contribution in [0.1, 0.15) is 58.5 Å². The van der Waals surface area contributed by atoms with E-state index < -0.39 is 63.5 Å². The second-order valence-electron chi connectivity index (χ2n) is 8.61. The summed E-state index contributed by atoms with van der Waals surface area (Å²) in [5.74, 6) is -7.29. The summed E-state index contributed by atoms with van der Waals surface area (Å²) in [5.41, 5.74) is 2.61. The molecule has 3 aliphatic carbocycles. The van der Waals surface area contributed by atoms with E-state index in [4.69, 9.17) is 5.73 Å². The number of carbonyl (C=O) groups is 4. The van der Waals surface area contributed by atoms with Gasteiger partial charge in [0.1, 0.15) is 22.8 Å². The van der Waals surface area contributed by atoms with E-state index in [0.717, 1.165) is 0 Å². The molecule has 0 aliphatic heterocycles. The van der Waals surface area contributed by atoms with Gasteiger partial charge < -0.3 is 26.2 Å². The Morgan fingerprint density at radius 1 is 1.19 bits per heavy atom. The number of hydrogen-bond acceptors (Lipinski definition) is 8. The fraction of sp³-hybridized carbons (Fsp3) is 0.391. The fourth-order valence-electron chi connectivity index (χ4n) is 5.35. The molecular formula is C23H23NO8. The van der Waals surface area contributed by atoms with E-state index in [2.05, 4.69) is 0 Å². The summed E-state index contributed by atoms with van der Waals surface area (Å²) in [4.78, 5) is 50.0. The highest BCUT2D eigenvalue weighted by atomic mass is 16.3. The number of phenolic OH excluding ortho intramolecular Hbond substituents is 1. The Balaban J connectivity index is 1.95. The lowest BCUT2D eigenvalue weighted by Crippen LogP contribution is -2.57. The Bertz CT molecular complexity index is 1190. The van der Waals surface area contributed by atoms with Gasteiger partial charge in [-0.1, -0.05) is 6.92 Å². The number of aliphatic hydroxyl groups is 3. The first-order valence-electron chi connectivity index (χ1n) is 10.3. The first-order chi connectivity index (χ1) is 14.9. The maximum absolute atomic E-state index is 13.5. The molecule has 6 N–H and O–H groups in total. The SMILES string of the molecule is CCc1cc(C(C)=O)c(O)c2c1C[C@H]1C[C@H]3CC(O)=C(C(N)=O)C(=O)[C@@]3(O)C(O)=C1C2=O. The molecule has 168 valence electrons. The molecule has 0 saturated carbocycles. The van der Waals surface area contributed by atoms with Crippen molar-refractivity contribution in [2.75, 3.05) is 0 Å². The first-order valence-corrected chi connectivity index (χ1v) is 10.3. The van der Waals surface area contributed by atoms with Crippen molar-refractivity contribution in [1.82, 2.24) is 0 Å². The number of primary amides is 1. The molecule has 1 aromatic rings. The van der Waals surface area contributed by atoms with Crippen LogP contribution < -0.4 is 5.73 Å². The minimum atomic E-state index is -2.60. The van der Waals surface area contributed by atoms with E-state index in [1.807, 2.05) is 6.92 Å². The molecule has 32 heavy (non-hydrogen) atoms. The molecule has 1 aromatic carbocycles. The van der Waals surface area contributed by atoms with Crippen LogP contribution in [0.3, 0.4) is 0 Å². The molecule has 0 fully saturated rings. The zero-order chi connectivity index (χ0) is 23.7. The number of hydrogen-bond donors (Lipinski definition) is 5. The summed E-state index contributed by atoms with van der Waals surface area (Å²) < 4.78 is 0. The number of allylic oxidation sites excluding steroid dienone is 2. The molecule has 1 amide bonds. The summed E-state index contributed by atoms with van der Waals surface area (Å²) in [7, 11) is 0. The van der Waals surface area contributed by atoms with Crippen molar-refractivity contribution < 1.29 is 39.6 Å². The Kier molecular flexibility index (Phi) is 4.78. The average Bonchev–Trinajstić information content (AvgIpc) is 2.70. The highest BCUT2D eigenvalue weighted by Gasteiger charge is 2.59. The van der Waals surface area contributed by atoms with Gasteiger partial charge in [-0.05, 0) is 49.3 Å². The number of aliphatic hydroxyl groups excluding tert-OH is 2. The van der Waals surface area contributed by atoms with Gasteiger partial charge in [0.25, 0.3) is 5.91 Å². The number of aryl methyl sites for hydroxylation is 1. The molecule has 3 atom stereocenters. The van der Waals surface area contributed by atoms with Crippen molar-refractivity contribution in [1.29, 1.82) is 0 Å². The highest BCUT2D eigenvalue weighted by Crippen LogP contribution is 2.52. The minimum absolute atomic E-state index is 0.0301. The quantitative estimate of drug-likeness (QED) is 0.345. The Labute approximate surface area is 182 Å². The number of ketones is 3. The number of fused-ring (bicyclic) bond motifs is 3. The van der Waals surface area contributed by atoms with Crippen LogP contribution in [-0.2, 0) is 22.4 Å². The molecule has 3 aliphatic rings. The van der Waals surface area contributed by atoms with Crippen LogP contribution in [0.15, 0.2) is 28.7 Å². The zero-order valence-electron chi connectivity index (χ0n) is 17.6. The minimum Gasteiger partial charge on any atom is -0.511 e. The predicted octanol–water partition coefficient (Wildman–Crippen LogP) is 1.35. The summed E-state index contributed by atoms with van der Waals surface area (Å²) >= 11 is 0. The number of nitrogens with two attached hydrogens (primary N) is 1. The van der Waals surface area contributed by atoms with Crippen molar-refractivity contribution >= 4 is 23.3 Å². The van der Waals surface area contributed by atoms with Gasteiger partial charge in [-0.2, -0.15) is 0 Å². The third-order valence-corrected chi connectivity index (χ3v) is 6.91. The van der Waals surface area contributed by atoms with Gasteiger partial charge in [0.15, 0.2) is 17.2 Å². The summed E-state index contributed by atoms with van der Waals surface area (Å²) in [6.45, 7) is 3.10. The van der Waals surface area contributed by atoms with Crippen LogP contribution in [0, 0.1) is 11.8 Å². The fourth-order valence-corrected chi connectivity index (χ4v) is 5.35. The molecule has 0 unspecified atom stereocenters. The lowest BCUT2D eigenvalue weighted by atomic mass is 9.60. The Morgan fingerprint density at radius 2 is 1.84 bits per heavy atom. The number of benzene rings is 1. The topological polar surface area (TPSA) is 175 Å². The third kappa shape index (κ3) is 2.67. The molecule has 0 saturated heterocycles. The van der Waals surface area contributed by atoms with E-state index >= 15 is 0 Å². The summed E-state index contributed by atoms with van der Waals surface area (Å²) in [6.07, 6.45) is 0.514. The largest absolute Gasteiger partial charge is 0.511 e. The number of amides is 1. The summed E-state index contributed by atoms with van der Waals surface area (Å²) in [5, 5.41) is 43.1. The molecule has 9 heteroatoms. The molecule has 0 radical (unpaired) electrons. The van der Waals surface area contributed by atoms with Crippen LogP contribution in [0.4, 0.5) is 0 Å². The van der Waals surface area contributed by atoms with E-state index in [1.165, 1.54) is 6.92 Å². The van der Waals surface area contributed by atoms with Gasteiger partial charge in [-0.25, -0.2) is 0 Å². The lowest BCUT2D eigenvalue weighted by molar-refractivity contribution is -0.144. The molecule has 0 heterocycles. The van der Waals surface area contributed by atoms with Gasteiger partial charge in [-0.15, -0.1) is 0 Å². The van der Waals surface area contributed by atoms with Gasteiger partial charge >= 0.3 is 0 Å². The normalized spacial score (nSPS) is 27.1. The third-order valence-electron chi connectivity index (χ3n) is 6.91. The standard InChI is InChI=1S/C23H23NO8/c1-3-9-5-12(8(2)25)18(27)16-13(9)6-10-4-11-7-14(26)17(22(24)31)21(30)23(11,32)20(29)15(10)19(16)28/h5,10-11,26-27,29,32H,3-4,6-7H2,1-2H3,(H2,24,31)/t10-,11+,23+/m1/s1. The number of Topliss-reactive ketones (excluding diaryl/α,β-unsaturated/α-hetero) is 3. The molecule has 4 rings (SSSR count). The average molecular weight is 441 g/mol. The second-order valence-corrected chi connectivity index (χ2v) is 8.61. The van der Waals surface area contributed by atoms with E-state index in [1.54, 1.807) is 6.07 Å². The van der Waals surface area contributed by atoms with Crippen LogP contribution in [-0.4, -0.2) is 49.3 Å². The first kappa shape index (κ1) is 21.8. The molecule has 0 bridgehead atoms. The van der Waals surface area contributed by atoms with E-state index in [0.29, 0.717) is 17.5 Å². The number of rotatable bonds is 3. The molecule has 0 aromatic heterocycles.